The van der Waals surface area contributed by atoms with Crippen molar-refractivity contribution in [1.29, 1.82) is 0 Å². The van der Waals surface area contributed by atoms with Crippen molar-refractivity contribution in [2.24, 2.45) is 11.8 Å². The van der Waals surface area contributed by atoms with Crippen LogP contribution in [0.25, 0.3) is 0 Å². The van der Waals surface area contributed by atoms with Crippen LogP contribution in [0.15, 0.2) is 41.8 Å². The van der Waals surface area contributed by atoms with Gasteiger partial charge < -0.3 is 58.0 Å². The lowest BCUT2D eigenvalue weighted by atomic mass is 9.66. The summed E-state index contributed by atoms with van der Waals surface area (Å²) in [7, 11) is 2.86. The molecule has 244 valence electrons. The lowest BCUT2D eigenvalue weighted by molar-refractivity contribution is -0.368. The van der Waals surface area contributed by atoms with E-state index in [-0.39, 0.29) is 37.3 Å². The van der Waals surface area contributed by atoms with E-state index < -0.39 is 66.8 Å². The van der Waals surface area contributed by atoms with E-state index in [0.29, 0.717) is 28.2 Å². The molecule has 1 aliphatic carbocycles. The topological polar surface area (TPSA) is 161 Å². The number of hydrogen-bond donors (Lipinski definition) is 3. The quantitative estimate of drug-likeness (QED) is 0.333. The Morgan fingerprint density at radius 2 is 1.65 bits per heavy atom. The molecule has 13 nitrogen and oxygen atoms in total. The number of carbonyl (C=O) groups excluding carboxylic acids is 1. The maximum atomic E-state index is 13.5. The molecule has 8 rings (SSSR count). The monoisotopic (exact) mass is 656 g/mol. The van der Waals surface area contributed by atoms with Crippen molar-refractivity contribution in [3.63, 3.8) is 0 Å². The average molecular weight is 657 g/mol. The minimum Gasteiger partial charge on any atom is -0.502 e. The Kier molecular flexibility index (Phi) is 7.48. The van der Waals surface area contributed by atoms with Crippen LogP contribution in [-0.2, 0) is 28.5 Å². The summed E-state index contributed by atoms with van der Waals surface area (Å²) in [4.78, 5) is 14.3. The first-order valence-electron chi connectivity index (χ1n) is 14.9. The van der Waals surface area contributed by atoms with Gasteiger partial charge in [0.05, 0.1) is 44.3 Å². The Balaban J connectivity index is 1.16. The Morgan fingerprint density at radius 1 is 0.913 bits per heavy atom. The molecule has 10 atom stereocenters. The summed E-state index contributed by atoms with van der Waals surface area (Å²) < 4.78 is 52.6. The van der Waals surface area contributed by atoms with Gasteiger partial charge in [-0.05, 0) is 52.4 Å². The van der Waals surface area contributed by atoms with E-state index in [2.05, 4.69) is 0 Å². The lowest BCUT2D eigenvalue weighted by Gasteiger charge is -2.48. The SMILES string of the molecule is COc1cc([C@@H]2c3cc4c(cc3[C@@H](O[C@@H]3O[C@@H]5CO[C@@H](c6cccs6)O[C@H]5[C@H](O)[C@H]3O)[C@H]3COC(=O)[C@@H]23)OCO4)cc(OC)c1O. The molecule has 5 aliphatic rings. The zero-order valence-electron chi connectivity index (χ0n) is 24.8. The number of phenols is 1. The number of esters is 1. The zero-order chi connectivity index (χ0) is 31.7. The smallest absolute Gasteiger partial charge is 0.310 e. The highest BCUT2D eigenvalue weighted by molar-refractivity contribution is 7.10. The highest BCUT2D eigenvalue weighted by Crippen LogP contribution is 2.57. The van der Waals surface area contributed by atoms with Crippen LogP contribution in [0.5, 0.6) is 28.7 Å². The van der Waals surface area contributed by atoms with Gasteiger partial charge in [-0.3, -0.25) is 4.79 Å². The zero-order valence-corrected chi connectivity index (χ0v) is 25.6. The summed E-state index contributed by atoms with van der Waals surface area (Å²) >= 11 is 1.46. The van der Waals surface area contributed by atoms with Crippen molar-refractivity contribution < 1.29 is 62.7 Å². The second-order valence-corrected chi connectivity index (χ2v) is 12.7. The summed E-state index contributed by atoms with van der Waals surface area (Å²) in [6.07, 6.45) is -7.16. The van der Waals surface area contributed by atoms with E-state index >= 15 is 0 Å². The third kappa shape index (κ3) is 4.70. The number of aromatic hydroxyl groups is 1. The molecule has 0 amide bonds. The van der Waals surface area contributed by atoms with Crippen molar-refractivity contribution in [3.05, 3.63) is 63.3 Å². The van der Waals surface area contributed by atoms with Gasteiger partial charge in [-0.15, -0.1) is 11.3 Å². The fourth-order valence-corrected chi connectivity index (χ4v) is 7.89. The van der Waals surface area contributed by atoms with Crippen LogP contribution < -0.4 is 18.9 Å². The Morgan fingerprint density at radius 3 is 2.35 bits per heavy atom. The molecule has 2 aromatic carbocycles. The molecule has 0 bridgehead atoms. The molecule has 0 spiro atoms. The minimum atomic E-state index is -1.47. The predicted octanol–water partition coefficient (Wildman–Crippen LogP) is 2.75. The summed E-state index contributed by atoms with van der Waals surface area (Å²) in [6, 6.07) is 10.7. The van der Waals surface area contributed by atoms with E-state index in [9.17, 15) is 20.1 Å². The van der Waals surface area contributed by atoms with Crippen LogP contribution in [-0.4, -0.2) is 86.2 Å². The van der Waals surface area contributed by atoms with Gasteiger partial charge in [0.2, 0.25) is 12.5 Å². The first-order valence-corrected chi connectivity index (χ1v) is 15.8. The number of fused-ring (bicyclic) bond motifs is 4. The van der Waals surface area contributed by atoms with Crippen molar-refractivity contribution >= 4 is 17.3 Å². The van der Waals surface area contributed by atoms with E-state index in [4.69, 9.17) is 42.6 Å². The predicted molar refractivity (Wildman–Crippen MR) is 156 cm³/mol. The summed E-state index contributed by atoms with van der Waals surface area (Å²) in [5.74, 6) is -1.08. The third-order valence-corrected chi connectivity index (χ3v) is 10.3. The highest BCUT2D eigenvalue weighted by atomic mass is 32.1. The van der Waals surface area contributed by atoms with Crippen LogP contribution in [0, 0.1) is 11.8 Å². The second kappa shape index (κ2) is 11.6. The fourth-order valence-electron chi connectivity index (χ4n) is 7.18. The van der Waals surface area contributed by atoms with Gasteiger partial charge in [-0.1, -0.05) is 6.07 Å². The molecule has 46 heavy (non-hydrogen) atoms. The van der Waals surface area contributed by atoms with Gasteiger partial charge in [0.25, 0.3) is 0 Å². The molecule has 0 unspecified atom stereocenters. The largest absolute Gasteiger partial charge is 0.502 e. The maximum absolute atomic E-state index is 13.5. The second-order valence-electron chi connectivity index (χ2n) is 11.8. The van der Waals surface area contributed by atoms with Crippen LogP contribution in [0.1, 0.15) is 39.9 Å². The van der Waals surface area contributed by atoms with Crippen molar-refractivity contribution in [3.8, 4) is 28.7 Å². The van der Waals surface area contributed by atoms with Crippen LogP contribution in [0.4, 0.5) is 0 Å². The Bertz CT molecular complexity index is 1600. The van der Waals surface area contributed by atoms with Crippen molar-refractivity contribution in [2.75, 3.05) is 34.2 Å². The maximum Gasteiger partial charge on any atom is 0.310 e. The van der Waals surface area contributed by atoms with E-state index in [0.717, 1.165) is 4.88 Å². The molecule has 3 aromatic rings. The molecule has 4 aliphatic heterocycles. The molecule has 1 aromatic heterocycles. The summed E-state index contributed by atoms with van der Waals surface area (Å²) in [5, 5.41) is 35.0. The molecular formula is C32H32O13S. The molecule has 0 radical (unpaired) electrons. The lowest BCUT2D eigenvalue weighted by Crippen LogP contribution is -2.62. The molecule has 14 heteroatoms. The van der Waals surface area contributed by atoms with Crippen molar-refractivity contribution in [1.82, 2.24) is 0 Å². The molecule has 3 fully saturated rings. The molecule has 3 N–H and O–H groups in total. The normalized spacial score (nSPS) is 34.3. The number of ether oxygens (including phenoxy) is 9. The van der Waals surface area contributed by atoms with Crippen LogP contribution >= 0.6 is 11.3 Å². The van der Waals surface area contributed by atoms with Crippen LogP contribution in [0.3, 0.4) is 0 Å². The number of phenolic OH excluding ortho intramolecular Hbond substituents is 1. The van der Waals surface area contributed by atoms with Gasteiger partial charge in [0.1, 0.15) is 24.4 Å². The first kappa shape index (κ1) is 29.8. The molecule has 3 saturated heterocycles. The summed E-state index contributed by atoms with van der Waals surface area (Å²) in [5.41, 5.74) is 2.00. The highest BCUT2D eigenvalue weighted by Gasteiger charge is 2.56. The summed E-state index contributed by atoms with van der Waals surface area (Å²) in [6.45, 7) is 0.171. The number of benzene rings is 2. The van der Waals surface area contributed by atoms with Gasteiger partial charge in [0.15, 0.2) is 35.6 Å². The van der Waals surface area contributed by atoms with Gasteiger partial charge in [-0.25, -0.2) is 0 Å². The number of thiophene rings is 1. The first-order chi connectivity index (χ1) is 22.4. The van der Waals surface area contributed by atoms with Gasteiger partial charge in [-0.2, -0.15) is 0 Å². The van der Waals surface area contributed by atoms with Gasteiger partial charge >= 0.3 is 5.97 Å². The minimum absolute atomic E-state index is 0.0242. The third-order valence-electron chi connectivity index (χ3n) is 9.37. The number of hydrogen-bond acceptors (Lipinski definition) is 14. The number of cyclic esters (lactones) is 1. The average Bonchev–Trinajstić information content (AvgIpc) is 3.85. The standard InChI is InChI=1S/C32H32O13S/c1-37-19-6-13(7-20(38-2)25(19)33)23-14-8-17-18(42-12-41-17)9-15(14)28(16-10-39-30(36)24(16)23)44-32-27(35)26(34)29-21(43-32)11-40-31(45-29)22-4-3-5-46-22/h3-9,16,21,23-24,26-29,31-35H,10-12H2,1-2H3/t16-,21+,23+,24+,26+,27+,28+,29+,31+,32-/m0/s1. The number of carbonyl (C=O) groups is 1. The van der Waals surface area contributed by atoms with E-state index in [1.54, 1.807) is 18.2 Å². The molecule has 0 saturated carbocycles. The van der Waals surface area contributed by atoms with E-state index in [1.807, 2.05) is 23.6 Å². The van der Waals surface area contributed by atoms with Crippen LogP contribution in [0.2, 0.25) is 0 Å². The fraction of sp³-hybridized carbons (Fsp3) is 0.469. The van der Waals surface area contributed by atoms with Crippen molar-refractivity contribution in [2.45, 2.75) is 49.0 Å². The number of aliphatic hydroxyl groups excluding tert-OH is 2. The van der Waals surface area contributed by atoms with Gasteiger partial charge in [0, 0.05) is 11.8 Å². The number of aliphatic hydroxyl groups is 2. The van der Waals surface area contributed by atoms with E-state index in [1.165, 1.54) is 25.6 Å². The molecular weight excluding hydrogens is 624 g/mol. The Hall–Kier alpha value is -3.63. The number of methoxy groups -OCH3 is 2. The number of rotatable bonds is 6. The molecule has 5 heterocycles. The Labute approximate surface area is 267 Å².